The topological polar surface area (TPSA) is 95.9 Å². The first kappa shape index (κ1) is 65.1. The van der Waals surface area contributed by atoms with Gasteiger partial charge in [-0.2, -0.15) is 0 Å². The summed E-state index contributed by atoms with van der Waals surface area (Å²) in [5.41, 5.74) is 0. The fraction of sp³-hybridized carbons (Fsp3) is 0.869. The van der Waals surface area contributed by atoms with Crippen molar-refractivity contribution in [2.75, 3.05) is 13.2 Å². The highest BCUT2D eigenvalue weighted by atomic mass is 16.5. The third kappa shape index (κ3) is 53.3. The molecule has 2 unspecified atom stereocenters. The molecule has 0 saturated carbocycles. The number of hydrogen-bond acceptors (Lipinski definition) is 5. The minimum Gasteiger partial charge on any atom is -0.466 e. The number of allylic oxidation sites excluding steroid dienone is 5. The number of aliphatic hydroxyl groups excluding tert-OH is 2. The average molecular weight is 943 g/mol. The number of aliphatic hydroxyl groups is 2. The Balaban J connectivity index is 3.49. The van der Waals surface area contributed by atoms with Crippen molar-refractivity contribution < 1.29 is 24.5 Å². The van der Waals surface area contributed by atoms with Gasteiger partial charge >= 0.3 is 5.97 Å². The first-order valence-electron chi connectivity index (χ1n) is 29.8. The molecular weight excluding hydrogens is 827 g/mol. The largest absolute Gasteiger partial charge is 0.466 e. The van der Waals surface area contributed by atoms with Crippen molar-refractivity contribution in [3.63, 3.8) is 0 Å². The molecule has 394 valence electrons. The summed E-state index contributed by atoms with van der Waals surface area (Å²) in [6, 6.07) is -0.640. The first-order chi connectivity index (χ1) is 33.0. The lowest BCUT2D eigenvalue weighted by Gasteiger charge is -2.20. The first-order valence-corrected chi connectivity index (χ1v) is 29.8. The highest BCUT2D eigenvalue weighted by molar-refractivity contribution is 5.76. The van der Waals surface area contributed by atoms with Crippen molar-refractivity contribution in [2.24, 2.45) is 0 Å². The summed E-state index contributed by atoms with van der Waals surface area (Å²) in [6.45, 7) is 4.84. The Morgan fingerprint density at radius 1 is 0.418 bits per heavy atom. The van der Waals surface area contributed by atoms with Gasteiger partial charge in [0, 0.05) is 12.8 Å². The minimum atomic E-state index is -0.855. The number of nitrogens with one attached hydrogen (secondary N) is 1. The van der Waals surface area contributed by atoms with Crippen molar-refractivity contribution in [1.82, 2.24) is 5.32 Å². The van der Waals surface area contributed by atoms with E-state index < -0.39 is 12.1 Å². The van der Waals surface area contributed by atoms with Crippen LogP contribution in [0.4, 0.5) is 0 Å². The summed E-state index contributed by atoms with van der Waals surface area (Å²) < 4.78 is 5.46. The van der Waals surface area contributed by atoms with Crippen LogP contribution < -0.4 is 5.32 Å². The predicted molar refractivity (Wildman–Crippen MR) is 292 cm³/mol. The summed E-state index contributed by atoms with van der Waals surface area (Å²) in [5.74, 6) is -0.100. The Bertz CT molecular complexity index is 1090. The zero-order valence-electron chi connectivity index (χ0n) is 44.9. The van der Waals surface area contributed by atoms with Crippen LogP contribution >= 0.6 is 0 Å². The fourth-order valence-electron chi connectivity index (χ4n) is 9.06. The molecule has 0 aliphatic carbocycles. The minimum absolute atomic E-state index is 0.0211. The molecular formula is C61H115NO5. The van der Waals surface area contributed by atoms with E-state index in [2.05, 4.69) is 43.5 Å². The SMILES string of the molecule is CCCC/C=C\C/C=C\CCCCCCCC(=O)OCCCCCCCCCCCCCCCC(=O)NC(CO)C(O)/C=C/CCCCCCCCCCCCCCCCCCCCCCC. The smallest absolute Gasteiger partial charge is 0.305 e. The van der Waals surface area contributed by atoms with Gasteiger partial charge in [0.2, 0.25) is 5.91 Å². The molecule has 0 radical (unpaired) electrons. The second kappa shape index (κ2) is 56.7. The molecule has 1 amide bonds. The van der Waals surface area contributed by atoms with Gasteiger partial charge in [-0.1, -0.05) is 281 Å². The maximum Gasteiger partial charge on any atom is 0.305 e. The van der Waals surface area contributed by atoms with Gasteiger partial charge in [0.25, 0.3) is 0 Å². The molecule has 2 atom stereocenters. The van der Waals surface area contributed by atoms with Gasteiger partial charge in [-0.3, -0.25) is 9.59 Å². The van der Waals surface area contributed by atoms with Crippen LogP contribution in [0.3, 0.4) is 0 Å². The molecule has 0 aliphatic rings. The predicted octanol–water partition coefficient (Wildman–Crippen LogP) is 18.4. The van der Waals surface area contributed by atoms with Crippen LogP contribution in [0, 0.1) is 0 Å². The van der Waals surface area contributed by atoms with E-state index in [0.717, 1.165) is 70.6 Å². The Kier molecular flexibility index (Phi) is 55.0. The molecule has 3 N–H and O–H groups in total. The molecule has 0 aromatic heterocycles. The molecule has 0 spiro atoms. The molecule has 6 nitrogen and oxygen atoms in total. The summed E-state index contributed by atoms with van der Waals surface area (Å²) in [4.78, 5) is 24.5. The fourth-order valence-corrected chi connectivity index (χ4v) is 9.06. The number of hydrogen-bond donors (Lipinski definition) is 3. The van der Waals surface area contributed by atoms with Gasteiger partial charge in [-0.15, -0.1) is 0 Å². The molecule has 6 heteroatoms. The van der Waals surface area contributed by atoms with Crippen LogP contribution in [0.1, 0.15) is 316 Å². The number of carbonyl (C=O) groups excluding carboxylic acids is 2. The number of carbonyl (C=O) groups is 2. The maximum absolute atomic E-state index is 12.5. The Morgan fingerprint density at radius 3 is 1.18 bits per heavy atom. The molecule has 0 saturated heterocycles. The van der Waals surface area contributed by atoms with Crippen LogP contribution in [0.5, 0.6) is 0 Å². The van der Waals surface area contributed by atoms with Gasteiger partial charge in [0.15, 0.2) is 0 Å². The lowest BCUT2D eigenvalue weighted by molar-refractivity contribution is -0.143. The van der Waals surface area contributed by atoms with E-state index in [4.69, 9.17) is 4.74 Å². The molecule has 0 heterocycles. The monoisotopic (exact) mass is 942 g/mol. The quantitative estimate of drug-likeness (QED) is 0.0321. The number of amides is 1. The molecule has 0 aromatic carbocycles. The van der Waals surface area contributed by atoms with Gasteiger partial charge < -0.3 is 20.3 Å². The summed E-state index contributed by atoms with van der Waals surface area (Å²) >= 11 is 0. The summed E-state index contributed by atoms with van der Waals surface area (Å²) in [7, 11) is 0. The van der Waals surface area contributed by atoms with E-state index in [9.17, 15) is 19.8 Å². The Morgan fingerprint density at radius 2 is 0.761 bits per heavy atom. The Labute approximate surface area is 417 Å². The molecule has 0 bridgehead atoms. The van der Waals surface area contributed by atoms with Crippen molar-refractivity contribution >= 4 is 11.9 Å². The van der Waals surface area contributed by atoms with Gasteiger partial charge in [-0.25, -0.2) is 0 Å². The normalized spacial score (nSPS) is 12.8. The van der Waals surface area contributed by atoms with Crippen LogP contribution in [0.2, 0.25) is 0 Å². The highest BCUT2D eigenvalue weighted by Crippen LogP contribution is 2.17. The van der Waals surface area contributed by atoms with Gasteiger partial charge in [0.05, 0.1) is 25.4 Å². The van der Waals surface area contributed by atoms with Crippen LogP contribution in [-0.4, -0.2) is 47.4 Å². The summed E-state index contributed by atoms with van der Waals surface area (Å²) in [5, 5.41) is 23.2. The second-order valence-corrected chi connectivity index (χ2v) is 20.3. The molecule has 0 fully saturated rings. The maximum atomic E-state index is 12.5. The van der Waals surface area contributed by atoms with Crippen molar-refractivity contribution in [1.29, 1.82) is 0 Å². The van der Waals surface area contributed by atoms with E-state index in [1.54, 1.807) is 6.08 Å². The standard InChI is InChI=1S/C61H115NO5/c1-3-5-7-9-11-13-15-17-19-20-21-22-23-24-25-26-27-29-33-37-41-45-49-53-59(64)58(57-63)62-60(65)54-50-46-42-38-34-30-28-32-36-40-44-48-52-56-67-61(66)55-51-47-43-39-35-31-18-16-14-12-10-8-6-4-2/h10,12,16,18,49,53,58-59,63-64H,3-9,11,13-15,17,19-48,50-52,54-57H2,1-2H3,(H,62,65)/b12-10-,18-16-,53-49+. The van der Waals surface area contributed by atoms with E-state index in [1.165, 1.54) is 218 Å². The van der Waals surface area contributed by atoms with E-state index in [1.807, 2.05) is 6.08 Å². The Hall–Kier alpha value is -1.92. The lowest BCUT2D eigenvalue weighted by atomic mass is 10.0. The molecule has 0 rings (SSSR count). The van der Waals surface area contributed by atoms with E-state index in [-0.39, 0.29) is 18.5 Å². The zero-order chi connectivity index (χ0) is 48.6. The van der Waals surface area contributed by atoms with E-state index in [0.29, 0.717) is 19.4 Å². The highest BCUT2D eigenvalue weighted by Gasteiger charge is 2.18. The lowest BCUT2D eigenvalue weighted by Crippen LogP contribution is -2.45. The molecule has 67 heavy (non-hydrogen) atoms. The van der Waals surface area contributed by atoms with Crippen molar-refractivity contribution in [3.05, 3.63) is 36.5 Å². The second-order valence-electron chi connectivity index (χ2n) is 20.3. The van der Waals surface area contributed by atoms with Gasteiger partial charge in [0.1, 0.15) is 0 Å². The summed E-state index contributed by atoms with van der Waals surface area (Å²) in [6.07, 6.45) is 70.2. The van der Waals surface area contributed by atoms with E-state index >= 15 is 0 Å². The van der Waals surface area contributed by atoms with Crippen LogP contribution in [-0.2, 0) is 14.3 Å². The van der Waals surface area contributed by atoms with Gasteiger partial charge in [-0.05, 0) is 57.8 Å². The van der Waals surface area contributed by atoms with Crippen molar-refractivity contribution in [2.45, 2.75) is 328 Å². The van der Waals surface area contributed by atoms with Crippen LogP contribution in [0.25, 0.3) is 0 Å². The van der Waals surface area contributed by atoms with Crippen molar-refractivity contribution in [3.8, 4) is 0 Å². The number of esters is 1. The van der Waals surface area contributed by atoms with Crippen LogP contribution in [0.15, 0.2) is 36.5 Å². The third-order valence-electron chi connectivity index (χ3n) is 13.7. The number of ether oxygens (including phenoxy) is 1. The number of rotatable bonds is 55. The average Bonchev–Trinajstić information content (AvgIpc) is 3.33. The zero-order valence-corrected chi connectivity index (χ0v) is 44.9. The third-order valence-corrected chi connectivity index (χ3v) is 13.7. The molecule has 0 aromatic rings. The number of unbranched alkanes of at least 4 members (excludes halogenated alkanes) is 40. The molecule has 0 aliphatic heterocycles.